The summed E-state index contributed by atoms with van der Waals surface area (Å²) in [7, 11) is 0. The smallest absolute Gasteiger partial charge is 0.116 e. The van der Waals surface area contributed by atoms with E-state index < -0.39 is 0 Å². The molecule has 66 heavy (non-hydrogen) atoms. The van der Waals surface area contributed by atoms with Crippen LogP contribution in [0.5, 0.6) is 0 Å². The van der Waals surface area contributed by atoms with Crippen LogP contribution in [0.2, 0.25) is 0 Å². The molecule has 6 aliphatic rings. The number of nitrogens with zero attached hydrogens (tertiary/aromatic N) is 2. The van der Waals surface area contributed by atoms with Crippen molar-refractivity contribution in [1.82, 2.24) is 9.97 Å². The topological polar surface area (TPSA) is 25.8 Å². The van der Waals surface area contributed by atoms with Crippen molar-refractivity contribution in [3.63, 3.8) is 0 Å². The van der Waals surface area contributed by atoms with Gasteiger partial charge in [0.25, 0.3) is 0 Å². The van der Waals surface area contributed by atoms with Gasteiger partial charge < -0.3 is 0 Å². The van der Waals surface area contributed by atoms with E-state index in [-0.39, 0.29) is 0 Å². The third kappa shape index (κ3) is 10.3. The fraction of sp³-hybridized carbons (Fsp3) is 0.562. The van der Waals surface area contributed by atoms with Gasteiger partial charge in [-0.3, -0.25) is 0 Å². The Morgan fingerprint density at radius 1 is 0.212 bits per heavy atom. The Kier molecular flexibility index (Phi) is 14.2. The molecule has 0 N–H and O–H groups in total. The van der Waals surface area contributed by atoms with Crippen LogP contribution in [-0.2, 0) is 0 Å². The number of benzene rings is 4. The molecule has 0 unspecified atom stereocenters. The first-order valence-electron chi connectivity index (χ1n) is 28.1. The van der Waals surface area contributed by atoms with Crippen LogP contribution in [-0.4, -0.2) is 9.97 Å². The van der Waals surface area contributed by atoms with Crippen molar-refractivity contribution >= 4 is 0 Å². The monoisotopic (exact) mass is 877 g/mol. The molecule has 11 rings (SSSR count). The van der Waals surface area contributed by atoms with Crippen molar-refractivity contribution < 1.29 is 0 Å². The van der Waals surface area contributed by atoms with E-state index in [1.54, 1.807) is 22.3 Å². The minimum atomic E-state index is 0.621. The normalized spacial score (nSPS) is 21.6. The lowest BCUT2D eigenvalue weighted by Gasteiger charge is -2.27. The maximum atomic E-state index is 5.15. The second-order valence-electron chi connectivity index (χ2n) is 22.8. The lowest BCUT2D eigenvalue weighted by molar-refractivity contribution is 0.435. The van der Waals surface area contributed by atoms with Crippen molar-refractivity contribution in [1.29, 1.82) is 0 Å². The Morgan fingerprint density at radius 3 is 0.682 bits per heavy atom. The van der Waals surface area contributed by atoms with Gasteiger partial charge in [-0.25, -0.2) is 9.97 Å². The molecule has 6 aliphatic carbocycles. The molecule has 5 aromatic rings. The van der Waals surface area contributed by atoms with E-state index >= 15 is 0 Å². The van der Waals surface area contributed by atoms with Crippen LogP contribution >= 0.6 is 0 Å². The quantitative estimate of drug-likeness (QED) is 0.140. The van der Waals surface area contributed by atoms with Crippen molar-refractivity contribution in [2.75, 3.05) is 0 Å². The summed E-state index contributed by atoms with van der Waals surface area (Å²) in [5.41, 5.74) is 19.9. The molecule has 0 aliphatic heterocycles. The summed E-state index contributed by atoms with van der Waals surface area (Å²) in [6.07, 6.45) is 42.6. The second kappa shape index (κ2) is 21.1. The zero-order chi connectivity index (χ0) is 44.1. The van der Waals surface area contributed by atoms with Gasteiger partial charge in [0.15, 0.2) is 0 Å². The first-order chi connectivity index (χ1) is 32.7. The standard InChI is InChI=1S/C64H80N2/c1-7-19-45(20-8-1)51-31-52(46-21-9-2-10-22-46)34-57(33-51)59-37-55(49-27-15-5-16-28-49)39-61(41-59)63-43-64(66-44-65-63)62-40-56(50-29-17-6-18-30-50)38-60(42-62)58-35-53(47-23-11-3-12-24-47)32-54(36-58)48-25-13-4-14-26-48/h31-50H,1-30H2. The zero-order valence-electron chi connectivity index (χ0n) is 40.7. The van der Waals surface area contributed by atoms with Crippen LogP contribution < -0.4 is 0 Å². The Bertz CT molecular complexity index is 2150. The largest absolute Gasteiger partial charge is 0.236 e. The summed E-state index contributed by atoms with van der Waals surface area (Å²) in [5, 5.41) is 0. The molecule has 0 atom stereocenters. The molecule has 346 valence electrons. The molecule has 1 aromatic heterocycles. The lowest BCUT2D eigenvalue weighted by Crippen LogP contribution is -2.09. The molecule has 6 fully saturated rings. The van der Waals surface area contributed by atoms with E-state index in [0.717, 1.165) is 11.4 Å². The molecule has 4 aromatic carbocycles. The average Bonchev–Trinajstić information content (AvgIpc) is 3.42. The summed E-state index contributed by atoms with van der Waals surface area (Å²) < 4.78 is 0. The van der Waals surface area contributed by atoms with E-state index in [1.807, 2.05) is 6.33 Å². The average molecular weight is 877 g/mol. The molecule has 0 spiro atoms. The highest BCUT2D eigenvalue weighted by atomic mass is 14.8. The second-order valence-corrected chi connectivity index (χ2v) is 22.8. The van der Waals surface area contributed by atoms with E-state index in [2.05, 4.69) is 78.9 Å². The van der Waals surface area contributed by atoms with Gasteiger partial charge in [0.1, 0.15) is 6.33 Å². The van der Waals surface area contributed by atoms with Crippen LogP contribution in [0.25, 0.3) is 44.8 Å². The van der Waals surface area contributed by atoms with E-state index in [1.165, 1.54) is 237 Å². The first kappa shape index (κ1) is 44.5. The van der Waals surface area contributed by atoms with Gasteiger partial charge in [0.2, 0.25) is 0 Å². The summed E-state index contributed by atoms with van der Waals surface area (Å²) in [4.78, 5) is 10.3. The van der Waals surface area contributed by atoms with Gasteiger partial charge in [0.05, 0.1) is 11.4 Å². The lowest BCUT2D eigenvalue weighted by atomic mass is 9.78. The molecule has 0 saturated heterocycles. The maximum absolute atomic E-state index is 5.15. The Labute approximate surface area is 399 Å². The SMILES string of the molecule is c1nc(-c2cc(-c3cc(C4CCCCC4)cc(C4CCCCC4)c3)cc(C3CCCCC3)c2)cc(-c2cc(-c3cc(C4CCCCC4)cc(C4CCCCC4)c3)cc(C3CCCCC3)c2)n1. The van der Waals surface area contributed by atoms with Crippen LogP contribution in [0.3, 0.4) is 0 Å². The highest BCUT2D eigenvalue weighted by Gasteiger charge is 2.26. The number of aromatic nitrogens is 2. The Morgan fingerprint density at radius 2 is 0.424 bits per heavy atom. The molecule has 2 heteroatoms. The molecule has 6 saturated carbocycles. The molecular formula is C64H80N2. The maximum Gasteiger partial charge on any atom is 0.116 e. The number of hydrogen-bond acceptors (Lipinski definition) is 2. The predicted molar refractivity (Wildman–Crippen MR) is 279 cm³/mol. The molecule has 2 nitrogen and oxygen atoms in total. The minimum Gasteiger partial charge on any atom is -0.236 e. The van der Waals surface area contributed by atoms with E-state index in [4.69, 9.17) is 9.97 Å². The highest BCUT2D eigenvalue weighted by Crippen LogP contribution is 2.45. The minimum absolute atomic E-state index is 0.621. The highest BCUT2D eigenvalue weighted by molar-refractivity contribution is 5.78. The van der Waals surface area contributed by atoms with Crippen LogP contribution in [0.1, 0.15) is 262 Å². The van der Waals surface area contributed by atoms with Gasteiger partial charge in [-0.15, -0.1) is 0 Å². The van der Waals surface area contributed by atoms with Gasteiger partial charge in [-0.05, 0) is 199 Å². The fourth-order valence-electron chi connectivity index (χ4n) is 14.3. The predicted octanol–water partition coefficient (Wildman–Crippen LogP) is 19.4. The van der Waals surface area contributed by atoms with Gasteiger partial charge in [0, 0.05) is 11.1 Å². The van der Waals surface area contributed by atoms with Crippen molar-refractivity contribution in [3.8, 4) is 44.8 Å². The van der Waals surface area contributed by atoms with Crippen LogP contribution in [0.4, 0.5) is 0 Å². The molecule has 0 bridgehead atoms. The number of hydrogen-bond donors (Lipinski definition) is 0. The van der Waals surface area contributed by atoms with Crippen LogP contribution in [0, 0.1) is 0 Å². The first-order valence-corrected chi connectivity index (χ1v) is 28.1. The molecule has 0 radical (unpaired) electrons. The Balaban J connectivity index is 1.01. The molecular weight excluding hydrogens is 797 g/mol. The van der Waals surface area contributed by atoms with Gasteiger partial charge in [-0.1, -0.05) is 164 Å². The van der Waals surface area contributed by atoms with Crippen LogP contribution in [0.15, 0.2) is 85.2 Å². The van der Waals surface area contributed by atoms with Gasteiger partial charge >= 0.3 is 0 Å². The third-order valence-corrected chi connectivity index (χ3v) is 18.3. The Hall–Kier alpha value is -4.04. The zero-order valence-corrected chi connectivity index (χ0v) is 40.7. The van der Waals surface area contributed by atoms with Crippen molar-refractivity contribution in [3.05, 3.63) is 119 Å². The summed E-state index contributed by atoms with van der Waals surface area (Å²) in [6, 6.07) is 33.5. The van der Waals surface area contributed by atoms with Crippen molar-refractivity contribution in [2.45, 2.75) is 228 Å². The number of rotatable bonds is 10. The summed E-state index contributed by atoms with van der Waals surface area (Å²) in [5.74, 6) is 4.05. The molecule has 1 heterocycles. The van der Waals surface area contributed by atoms with Crippen molar-refractivity contribution in [2.24, 2.45) is 0 Å². The van der Waals surface area contributed by atoms with Gasteiger partial charge in [-0.2, -0.15) is 0 Å². The summed E-state index contributed by atoms with van der Waals surface area (Å²) in [6.45, 7) is 0. The summed E-state index contributed by atoms with van der Waals surface area (Å²) >= 11 is 0. The third-order valence-electron chi connectivity index (χ3n) is 18.3. The van der Waals surface area contributed by atoms with E-state index in [9.17, 15) is 0 Å². The van der Waals surface area contributed by atoms with E-state index in [0.29, 0.717) is 35.5 Å². The molecule has 0 amide bonds. The fourth-order valence-corrected chi connectivity index (χ4v) is 14.3.